The van der Waals surface area contributed by atoms with Crippen LogP contribution >= 0.6 is 0 Å². The molecule has 0 aliphatic rings. The fourth-order valence-corrected chi connectivity index (χ4v) is 2.46. The third-order valence-electron chi connectivity index (χ3n) is 3.81. The molecule has 0 radical (unpaired) electrons. The lowest BCUT2D eigenvalue weighted by molar-refractivity contribution is 0.241. The van der Waals surface area contributed by atoms with Crippen molar-refractivity contribution in [3.8, 4) is 0 Å². The van der Waals surface area contributed by atoms with Crippen molar-refractivity contribution in [2.45, 2.75) is 32.2 Å². The number of hydrogen-bond donors (Lipinski definition) is 2. The SMILES string of the molecule is Cc1ccc(CC(CO)NCCCc2ccc(F)cc2)cc1. The highest BCUT2D eigenvalue weighted by Gasteiger charge is 2.07. The van der Waals surface area contributed by atoms with Crippen LogP contribution in [0.15, 0.2) is 48.5 Å². The number of rotatable bonds is 8. The van der Waals surface area contributed by atoms with Crippen molar-refractivity contribution in [1.29, 1.82) is 0 Å². The average Bonchev–Trinajstić information content (AvgIpc) is 2.54. The third-order valence-corrected chi connectivity index (χ3v) is 3.81. The summed E-state index contributed by atoms with van der Waals surface area (Å²) in [6.45, 7) is 3.04. The first-order valence-corrected chi connectivity index (χ1v) is 7.81. The quantitative estimate of drug-likeness (QED) is 0.734. The summed E-state index contributed by atoms with van der Waals surface area (Å²) in [7, 11) is 0. The van der Waals surface area contributed by atoms with Gasteiger partial charge >= 0.3 is 0 Å². The standard InChI is InChI=1S/C19H24FNO/c1-15-4-6-17(7-5-15)13-19(14-22)21-12-2-3-16-8-10-18(20)11-9-16/h4-11,19,21-22H,2-3,12-14H2,1H3. The van der Waals surface area contributed by atoms with E-state index in [1.165, 1.54) is 23.3 Å². The largest absolute Gasteiger partial charge is 0.395 e. The minimum atomic E-state index is -0.194. The van der Waals surface area contributed by atoms with E-state index in [0.717, 1.165) is 31.4 Å². The summed E-state index contributed by atoms with van der Waals surface area (Å²) < 4.78 is 12.8. The molecule has 2 aromatic carbocycles. The van der Waals surface area contributed by atoms with Crippen molar-refractivity contribution in [3.05, 3.63) is 71.0 Å². The monoisotopic (exact) mass is 301 g/mol. The molecular weight excluding hydrogens is 277 g/mol. The van der Waals surface area contributed by atoms with E-state index in [2.05, 4.69) is 36.5 Å². The lowest BCUT2D eigenvalue weighted by Crippen LogP contribution is -2.35. The zero-order chi connectivity index (χ0) is 15.8. The van der Waals surface area contributed by atoms with Gasteiger partial charge in [-0.2, -0.15) is 0 Å². The number of halogens is 1. The normalized spacial score (nSPS) is 12.3. The van der Waals surface area contributed by atoms with Gasteiger partial charge in [0.15, 0.2) is 0 Å². The second-order valence-electron chi connectivity index (χ2n) is 5.75. The fourth-order valence-electron chi connectivity index (χ4n) is 2.46. The van der Waals surface area contributed by atoms with E-state index in [4.69, 9.17) is 0 Å². The molecular formula is C19H24FNO. The van der Waals surface area contributed by atoms with Crippen LogP contribution in [0.1, 0.15) is 23.1 Å². The van der Waals surface area contributed by atoms with Crippen LogP contribution in [0.5, 0.6) is 0 Å². The van der Waals surface area contributed by atoms with Gasteiger partial charge in [0.2, 0.25) is 0 Å². The van der Waals surface area contributed by atoms with Crippen LogP contribution in [0.2, 0.25) is 0 Å². The van der Waals surface area contributed by atoms with Crippen LogP contribution in [0, 0.1) is 12.7 Å². The first-order valence-electron chi connectivity index (χ1n) is 7.81. The Bertz CT molecular complexity index is 551. The van der Waals surface area contributed by atoms with Crippen molar-refractivity contribution in [2.24, 2.45) is 0 Å². The molecule has 2 nitrogen and oxygen atoms in total. The minimum Gasteiger partial charge on any atom is -0.395 e. The number of aliphatic hydroxyl groups excluding tert-OH is 1. The summed E-state index contributed by atoms with van der Waals surface area (Å²) in [5.41, 5.74) is 3.62. The molecule has 2 aromatic rings. The number of aryl methyl sites for hydroxylation is 2. The van der Waals surface area contributed by atoms with E-state index < -0.39 is 0 Å². The molecule has 118 valence electrons. The van der Waals surface area contributed by atoms with Crippen LogP contribution in [-0.4, -0.2) is 24.3 Å². The smallest absolute Gasteiger partial charge is 0.123 e. The molecule has 2 rings (SSSR count). The van der Waals surface area contributed by atoms with Crippen LogP contribution in [-0.2, 0) is 12.8 Å². The third kappa shape index (κ3) is 5.58. The van der Waals surface area contributed by atoms with Gasteiger partial charge in [0, 0.05) is 6.04 Å². The Morgan fingerprint density at radius 3 is 2.27 bits per heavy atom. The van der Waals surface area contributed by atoms with E-state index in [0.29, 0.717) is 0 Å². The molecule has 1 unspecified atom stereocenters. The van der Waals surface area contributed by atoms with Crippen LogP contribution in [0.3, 0.4) is 0 Å². The van der Waals surface area contributed by atoms with Gasteiger partial charge in [-0.05, 0) is 56.0 Å². The summed E-state index contributed by atoms with van der Waals surface area (Å²) >= 11 is 0. The maximum Gasteiger partial charge on any atom is 0.123 e. The molecule has 0 amide bonds. The van der Waals surface area contributed by atoms with Crippen LogP contribution in [0.25, 0.3) is 0 Å². The Balaban J connectivity index is 1.71. The Hall–Kier alpha value is -1.71. The average molecular weight is 301 g/mol. The fraction of sp³-hybridized carbons (Fsp3) is 0.368. The summed E-state index contributed by atoms with van der Waals surface area (Å²) in [4.78, 5) is 0. The zero-order valence-corrected chi connectivity index (χ0v) is 13.1. The van der Waals surface area contributed by atoms with Gasteiger partial charge in [0.25, 0.3) is 0 Å². The molecule has 0 aliphatic carbocycles. The van der Waals surface area contributed by atoms with E-state index in [9.17, 15) is 9.50 Å². The molecule has 0 heterocycles. The van der Waals surface area contributed by atoms with Crippen molar-refractivity contribution >= 4 is 0 Å². The number of hydrogen-bond acceptors (Lipinski definition) is 2. The summed E-state index contributed by atoms with van der Waals surface area (Å²) in [6.07, 6.45) is 2.71. The molecule has 0 fully saturated rings. The predicted molar refractivity (Wildman–Crippen MR) is 88.5 cm³/mol. The van der Waals surface area contributed by atoms with Crippen molar-refractivity contribution < 1.29 is 9.50 Å². The highest BCUT2D eigenvalue weighted by atomic mass is 19.1. The molecule has 0 aliphatic heterocycles. The summed E-state index contributed by atoms with van der Waals surface area (Å²) in [5.74, 6) is -0.194. The number of nitrogens with one attached hydrogen (secondary N) is 1. The van der Waals surface area contributed by atoms with E-state index >= 15 is 0 Å². The van der Waals surface area contributed by atoms with Crippen molar-refractivity contribution in [3.63, 3.8) is 0 Å². The molecule has 3 heteroatoms. The first-order chi connectivity index (χ1) is 10.7. The molecule has 0 aromatic heterocycles. The number of benzene rings is 2. The van der Waals surface area contributed by atoms with Gasteiger partial charge in [-0.1, -0.05) is 42.0 Å². The molecule has 22 heavy (non-hydrogen) atoms. The van der Waals surface area contributed by atoms with Gasteiger partial charge < -0.3 is 10.4 Å². The van der Waals surface area contributed by atoms with Crippen LogP contribution in [0.4, 0.5) is 4.39 Å². The van der Waals surface area contributed by atoms with Gasteiger partial charge in [0.05, 0.1) is 6.61 Å². The Morgan fingerprint density at radius 1 is 1.00 bits per heavy atom. The molecule has 0 saturated carbocycles. The van der Waals surface area contributed by atoms with Gasteiger partial charge in [-0.25, -0.2) is 4.39 Å². The molecule has 1 atom stereocenters. The minimum absolute atomic E-state index is 0.0796. The van der Waals surface area contributed by atoms with Crippen molar-refractivity contribution in [1.82, 2.24) is 5.32 Å². The lowest BCUT2D eigenvalue weighted by atomic mass is 10.0. The van der Waals surface area contributed by atoms with Gasteiger partial charge in [-0.3, -0.25) is 0 Å². The second-order valence-corrected chi connectivity index (χ2v) is 5.75. The molecule has 0 spiro atoms. The maximum atomic E-state index is 12.8. The Morgan fingerprint density at radius 2 is 1.64 bits per heavy atom. The molecule has 0 saturated heterocycles. The predicted octanol–water partition coefficient (Wildman–Crippen LogP) is 3.26. The summed E-state index contributed by atoms with van der Waals surface area (Å²) in [6, 6.07) is 15.1. The highest BCUT2D eigenvalue weighted by molar-refractivity contribution is 5.22. The second kappa shape index (κ2) is 8.66. The summed E-state index contributed by atoms with van der Waals surface area (Å²) in [5, 5.41) is 12.9. The van der Waals surface area contributed by atoms with Gasteiger partial charge in [-0.15, -0.1) is 0 Å². The van der Waals surface area contributed by atoms with E-state index in [1.807, 2.05) is 12.1 Å². The first kappa shape index (κ1) is 16.7. The maximum absolute atomic E-state index is 12.8. The Labute approximate surface area is 132 Å². The molecule has 0 bridgehead atoms. The Kier molecular flexibility index (Phi) is 6.56. The van der Waals surface area contributed by atoms with E-state index in [-0.39, 0.29) is 18.5 Å². The lowest BCUT2D eigenvalue weighted by Gasteiger charge is -2.16. The molecule has 2 N–H and O–H groups in total. The number of aliphatic hydroxyl groups is 1. The topological polar surface area (TPSA) is 32.3 Å². The van der Waals surface area contributed by atoms with Crippen LogP contribution < -0.4 is 5.32 Å². The highest BCUT2D eigenvalue weighted by Crippen LogP contribution is 2.07. The van der Waals surface area contributed by atoms with E-state index in [1.54, 1.807) is 0 Å². The zero-order valence-electron chi connectivity index (χ0n) is 13.1. The van der Waals surface area contributed by atoms with Gasteiger partial charge in [0.1, 0.15) is 5.82 Å². The van der Waals surface area contributed by atoms with Crippen molar-refractivity contribution in [2.75, 3.05) is 13.2 Å².